The van der Waals surface area contributed by atoms with Gasteiger partial charge in [-0.2, -0.15) is 0 Å². The lowest BCUT2D eigenvalue weighted by molar-refractivity contribution is 0.0857. The summed E-state index contributed by atoms with van der Waals surface area (Å²) in [7, 11) is 1.39. The Kier molecular flexibility index (Phi) is 6.60. The van der Waals surface area contributed by atoms with Crippen LogP contribution < -0.4 is 10.1 Å². The maximum absolute atomic E-state index is 13.6. The summed E-state index contributed by atoms with van der Waals surface area (Å²) < 4.78 is 18.6. The van der Waals surface area contributed by atoms with Crippen LogP contribution >= 0.6 is 0 Å². The molecule has 2 heterocycles. The molecule has 4 rings (SSSR count). The Morgan fingerprint density at radius 1 is 1.18 bits per heavy atom. The molecule has 0 unspecified atom stereocenters. The highest BCUT2D eigenvalue weighted by atomic mass is 19.1. The Bertz CT molecular complexity index is 1200. The molecule has 170 valence electrons. The van der Waals surface area contributed by atoms with Crippen LogP contribution in [0.1, 0.15) is 51.2 Å². The molecule has 2 aromatic carbocycles. The first-order valence-electron chi connectivity index (χ1n) is 10.4. The van der Waals surface area contributed by atoms with E-state index in [0.29, 0.717) is 29.2 Å². The molecular formula is C24H23FN4O4. The number of carbonyl (C=O) groups excluding carboxylic acids is 1. The molecule has 3 aromatic rings. The Morgan fingerprint density at radius 3 is 2.67 bits per heavy atom. The molecule has 1 amide bonds. The van der Waals surface area contributed by atoms with Gasteiger partial charge in [-0.3, -0.25) is 4.79 Å². The summed E-state index contributed by atoms with van der Waals surface area (Å²) >= 11 is 0. The standard InChI is InChI=1S/C24H23FN4O4/c1-14-27-19(20-11-22(33-29-20)17-6-3-15(13-30)4-7-17)10-21(28-14)24(31)26-12-16-5-8-18(25)23(9-16)32-2/h3-10,22,30H,11-13H2,1-2H3,(H,26,31)/t22-/m0/s1. The maximum Gasteiger partial charge on any atom is 0.270 e. The van der Waals surface area contributed by atoms with E-state index in [9.17, 15) is 14.3 Å². The second kappa shape index (κ2) is 9.74. The first-order valence-corrected chi connectivity index (χ1v) is 10.4. The van der Waals surface area contributed by atoms with Crippen molar-refractivity contribution >= 4 is 11.6 Å². The number of aryl methyl sites for hydroxylation is 1. The number of rotatable bonds is 7. The lowest BCUT2D eigenvalue weighted by atomic mass is 10.0. The van der Waals surface area contributed by atoms with Gasteiger partial charge in [-0.15, -0.1) is 0 Å². The predicted molar refractivity (Wildman–Crippen MR) is 118 cm³/mol. The average Bonchev–Trinajstić information content (AvgIpc) is 3.33. The number of methoxy groups -OCH3 is 1. The Balaban J connectivity index is 1.44. The molecule has 33 heavy (non-hydrogen) atoms. The van der Waals surface area contributed by atoms with E-state index in [-0.39, 0.29) is 36.6 Å². The van der Waals surface area contributed by atoms with Crippen LogP contribution in [-0.4, -0.2) is 33.8 Å². The van der Waals surface area contributed by atoms with E-state index in [0.717, 1.165) is 11.1 Å². The van der Waals surface area contributed by atoms with Crippen LogP contribution in [0, 0.1) is 12.7 Å². The highest BCUT2D eigenvalue weighted by Gasteiger charge is 2.26. The van der Waals surface area contributed by atoms with Gasteiger partial charge in [0.1, 0.15) is 17.2 Å². The summed E-state index contributed by atoms with van der Waals surface area (Å²) in [5, 5.41) is 16.1. The van der Waals surface area contributed by atoms with Crippen molar-refractivity contribution in [3.8, 4) is 5.75 Å². The molecule has 8 nitrogen and oxygen atoms in total. The van der Waals surface area contributed by atoms with Gasteiger partial charge in [0, 0.05) is 13.0 Å². The van der Waals surface area contributed by atoms with Gasteiger partial charge in [0.2, 0.25) is 0 Å². The zero-order chi connectivity index (χ0) is 23.4. The van der Waals surface area contributed by atoms with E-state index in [1.54, 1.807) is 19.1 Å². The lowest BCUT2D eigenvalue weighted by Gasteiger charge is -2.10. The van der Waals surface area contributed by atoms with Gasteiger partial charge in [-0.1, -0.05) is 35.5 Å². The molecule has 0 spiro atoms. The van der Waals surface area contributed by atoms with Gasteiger partial charge in [-0.25, -0.2) is 14.4 Å². The SMILES string of the molecule is COc1cc(CNC(=O)c2cc(C3=NO[C@H](c4ccc(CO)cc4)C3)nc(C)n2)ccc1F. The number of nitrogens with zero attached hydrogens (tertiary/aromatic N) is 3. The Hall–Kier alpha value is -3.85. The number of halogens is 1. The molecule has 9 heteroatoms. The molecule has 2 N–H and O–H groups in total. The predicted octanol–water partition coefficient (Wildman–Crippen LogP) is 3.22. The van der Waals surface area contributed by atoms with E-state index < -0.39 is 5.82 Å². The van der Waals surface area contributed by atoms with E-state index in [1.807, 2.05) is 24.3 Å². The molecular weight excluding hydrogens is 427 g/mol. The molecule has 0 saturated carbocycles. The van der Waals surface area contributed by atoms with Gasteiger partial charge < -0.3 is 20.0 Å². The van der Waals surface area contributed by atoms with Crippen LogP contribution in [-0.2, 0) is 18.0 Å². The normalized spacial score (nSPS) is 15.0. The van der Waals surface area contributed by atoms with Gasteiger partial charge in [0.15, 0.2) is 17.7 Å². The van der Waals surface area contributed by atoms with Crippen molar-refractivity contribution < 1.29 is 23.9 Å². The first-order chi connectivity index (χ1) is 16.0. The lowest BCUT2D eigenvalue weighted by Crippen LogP contribution is -2.25. The fourth-order valence-electron chi connectivity index (χ4n) is 3.46. The minimum Gasteiger partial charge on any atom is -0.494 e. The second-order valence-electron chi connectivity index (χ2n) is 7.57. The number of aliphatic hydroxyl groups is 1. The highest BCUT2D eigenvalue weighted by molar-refractivity contribution is 6.02. The van der Waals surface area contributed by atoms with Crippen molar-refractivity contribution in [3.05, 3.63) is 88.3 Å². The van der Waals surface area contributed by atoms with Crippen molar-refractivity contribution in [1.29, 1.82) is 0 Å². The van der Waals surface area contributed by atoms with Crippen molar-refractivity contribution in [2.75, 3.05) is 7.11 Å². The summed E-state index contributed by atoms with van der Waals surface area (Å²) in [5.41, 5.74) is 3.78. The summed E-state index contributed by atoms with van der Waals surface area (Å²) in [4.78, 5) is 26.9. The first kappa shape index (κ1) is 22.3. The Labute approximate surface area is 190 Å². The molecule has 1 atom stereocenters. The summed E-state index contributed by atoms with van der Waals surface area (Å²) in [6.07, 6.45) is 0.222. The van der Waals surface area contributed by atoms with Gasteiger partial charge >= 0.3 is 0 Å². The zero-order valence-electron chi connectivity index (χ0n) is 18.2. The third kappa shape index (κ3) is 5.15. The summed E-state index contributed by atoms with van der Waals surface area (Å²) in [6, 6.07) is 13.4. The van der Waals surface area contributed by atoms with E-state index in [4.69, 9.17) is 9.57 Å². The topological polar surface area (TPSA) is 106 Å². The summed E-state index contributed by atoms with van der Waals surface area (Å²) in [5.74, 6) is -0.312. The number of ether oxygens (including phenoxy) is 1. The van der Waals surface area contributed by atoms with Crippen molar-refractivity contribution in [1.82, 2.24) is 15.3 Å². The number of benzene rings is 2. The second-order valence-corrected chi connectivity index (χ2v) is 7.57. The van der Waals surface area contributed by atoms with Crippen LogP contribution in [0.3, 0.4) is 0 Å². The van der Waals surface area contributed by atoms with Crippen molar-refractivity contribution in [2.45, 2.75) is 32.6 Å². The molecule has 1 aromatic heterocycles. The van der Waals surface area contributed by atoms with Crippen LogP contribution in [0.2, 0.25) is 0 Å². The number of aromatic nitrogens is 2. The minimum atomic E-state index is -0.467. The van der Waals surface area contributed by atoms with Crippen molar-refractivity contribution in [3.63, 3.8) is 0 Å². The largest absolute Gasteiger partial charge is 0.494 e. The third-order valence-corrected chi connectivity index (χ3v) is 5.24. The smallest absolute Gasteiger partial charge is 0.270 e. The number of hydrogen-bond donors (Lipinski definition) is 2. The van der Waals surface area contributed by atoms with Gasteiger partial charge in [0.05, 0.1) is 19.4 Å². The quantitative estimate of drug-likeness (QED) is 0.573. The average molecular weight is 450 g/mol. The third-order valence-electron chi connectivity index (χ3n) is 5.24. The maximum atomic E-state index is 13.6. The van der Waals surface area contributed by atoms with Crippen molar-refractivity contribution in [2.24, 2.45) is 5.16 Å². The minimum absolute atomic E-state index is 0.0205. The van der Waals surface area contributed by atoms with Crippen LogP contribution in [0.5, 0.6) is 5.75 Å². The molecule has 0 aliphatic carbocycles. The Morgan fingerprint density at radius 2 is 1.94 bits per heavy atom. The van der Waals surface area contributed by atoms with Gasteiger partial charge in [0.25, 0.3) is 5.91 Å². The van der Waals surface area contributed by atoms with E-state index in [2.05, 4.69) is 20.4 Å². The highest BCUT2D eigenvalue weighted by Crippen LogP contribution is 2.29. The van der Waals surface area contributed by atoms with E-state index in [1.165, 1.54) is 19.2 Å². The number of hydrogen-bond acceptors (Lipinski definition) is 7. The molecule has 0 saturated heterocycles. The molecule has 1 aliphatic heterocycles. The molecule has 0 fully saturated rings. The number of nitrogens with one attached hydrogen (secondary N) is 1. The van der Waals surface area contributed by atoms with Gasteiger partial charge in [-0.05, 0) is 41.8 Å². The van der Waals surface area contributed by atoms with Crippen LogP contribution in [0.25, 0.3) is 0 Å². The number of aliphatic hydroxyl groups excluding tert-OH is 1. The fraction of sp³-hybridized carbons (Fsp3) is 0.250. The number of amides is 1. The molecule has 0 bridgehead atoms. The van der Waals surface area contributed by atoms with Crippen LogP contribution in [0.15, 0.2) is 53.7 Å². The zero-order valence-corrected chi connectivity index (χ0v) is 18.2. The van der Waals surface area contributed by atoms with E-state index >= 15 is 0 Å². The summed E-state index contributed by atoms with van der Waals surface area (Å²) in [6.45, 7) is 1.86. The number of oxime groups is 1. The molecule has 1 aliphatic rings. The molecule has 0 radical (unpaired) electrons. The number of carbonyl (C=O) groups is 1. The van der Waals surface area contributed by atoms with Crippen LogP contribution in [0.4, 0.5) is 4.39 Å². The monoisotopic (exact) mass is 450 g/mol. The fourth-order valence-corrected chi connectivity index (χ4v) is 3.46.